The van der Waals surface area contributed by atoms with Crippen molar-refractivity contribution < 1.29 is 22.4 Å². The number of ether oxygens (including phenoxy) is 1. The van der Waals surface area contributed by atoms with E-state index in [4.69, 9.17) is 20.8 Å². The summed E-state index contributed by atoms with van der Waals surface area (Å²) in [4.78, 5) is 12.7. The van der Waals surface area contributed by atoms with Crippen LogP contribution in [0.5, 0.6) is 5.75 Å². The number of amides is 1. The molecule has 0 saturated heterocycles. The average Bonchev–Trinajstić information content (AvgIpc) is 3.21. The molecule has 0 radical (unpaired) electrons. The molecule has 2 aromatic carbocycles. The maximum atomic E-state index is 13.2. The summed E-state index contributed by atoms with van der Waals surface area (Å²) in [5.41, 5.74) is 1.36. The molecule has 0 aliphatic carbocycles. The van der Waals surface area contributed by atoms with Crippen LogP contribution < -0.4 is 10.1 Å². The Hall–Kier alpha value is -2.81. The van der Waals surface area contributed by atoms with Crippen molar-refractivity contribution in [2.75, 3.05) is 19.0 Å². The number of hydrogen-bond acceptors (Lipinski definition) is 5. The van der Waals surface area contributed by atoms with E-state index in [0.29, 0.717) is 22.2 Å². The molecule has 0 spiro atoms. The third-order valence-corrected chi connectivity index (χ3v) is 6.43. The number of sulfonamides is 1. The van der Waals surface area contributed by atoms with Crippen molar-refractivity contribution in [3.05, 3.63) is 77.2 Å². The highest BCUT2D eigenvalue weighted by atomic mass is 35.5. The van der Waals surface area contributed by atoms with Crippen molar-refractivity contribution in [3.8, 4) is 5.75 Å². The molecule has 0 atom stereocenters. The van der Waals surface area contributed by atoms with Gasteiger partial charge in [0.2, 0.25) is 15.9 Å². The van der Waals surface area contributed by atoms with Crippen LogP contribution in [-0.2, 0) is 21.4 Å². The summed E-state index contributed by atoms with van der Waals surface area (Å²) in [7, 11) is -2.45. The van der Waals surface area contributed by atoms with Gasteiger partial charge in [-0.15, -0.1) is 0 Å². The number of anilines is 1. The molecule has 0 saturated carbocycles. The highest BCUT2D eigenvalue weighted by molar-refractivity contribution is 7.89. The Morgan fingerprint density at radius 3 is 2.50 bits per heavy atom. The molecular formula is C21H21ClN2O5S. The fraction of sp³-hybridized carbons (Fsp3) is 0.190. The van der Waals surface area contributed by atoms with Gasteiger partial charge in [-0.05, 0) is 49.4 Å². The molecule has 3 aromatic rings. The summed E-state index contributed by atoms with van der Waals surface area (Å²) in [5.74, 6) is 0.375. The van der Waals surface area contributed by atoms with Crippen LogP contribution in [0.4, 0.5) is 5.69 Å². The topological polar surface area (TPSA) is 88.8 Å². The second-order valence-electron chi connectivity index (χ2n) is 6.56. The van der Waals surface area contributed by atoms with Crippen LogP contribution >= 0.6 is 11.6 Å². The number of aryl methyl sites for hydroxylation is 1. The molecule has 158 valence electrons. The number of hydrogen-bond donors (Lipinski definition) is 1. The number of halogens is 1. The number of benzene rings is 2. The molecule has 7 nitrogen and oxygen atoms in total. The van der Waals surface area contributed by atoms with Gasteiger partial charge in [0.05, 0.1) is 36.4 Å². The van der Waals surface area contributed by atoms with Crippen LogP contribution in [0.2, 0.25) is 5.02 Å². The molecule has 0 aliphatic rings. The maximum absolute atomic E-state index is 13.2. The molecule has 3 rings (SSSR count). The summed E-state index contributed by atoms with van der Waals surface area (Å²) < 4.78 is 37.8. The van der Waals surface area contributed by atoms with E-state index in [1.54, 1.807) is 36.4 Å². The van der Waals surface area contributed by atoms with Crippen LogP contribution in [0.15, 0.2) is 70.2 Å². The molecular weight excluding hydrogens is 428 g/mol. The minimum absolute atomic E-state index is 0.0833. The van der Waals surface area contributed by atoms with Gasteiger partial charge in [0, 0.05) is 5.69 Å². The molecule has 0 bridgehead atoms. The first kappa shape index (κ1) is 21.9. The predicted octanol–water partition coefficient (Wildman–Crippen LogP) is 4.08. The zero-order valence-electron chi connectivity index (χ0n) is 16.5. The highest BCUT2D eigenvalue weighted by Gasteiger charge is 2.27. The van der Waals surface area contributed by atoms with Gasteiger partial charge in [-0.3, -0.25) is 4.79 Å². The van der Waals surface area contributed by atoms with Crippen molar-refractivity contribution in [1.82, 2.24) is 4.31 Å². The van der Waals surface area contributed by atoms with Crippen LogP contribution in [-0.4, -0.2) is 32.3 Å². The van der Waals surface area contributed by atoms with E-state index in [2.05, 4.69) is 5.32 Å². The molecule has 30 heavy (non-hydrogen) atoms. The Morgan fingerprint density at radius 1 is 1.17 bits per heavy atom. The molecule has 1 aromatic heterocycles. The van der Waals surface area contributed by atoms with Gasteiger partial charge in [0.15, 0.2) is 0 Å². The molecule has 0 unspecified atom stereocenters. The fourth-order valence-corrected chi connectivity index (χ4v) is 4.39. The quantitative estimate of drug-likeness (QED) is 0.561. The minimum Gasteiger partial charge on any atom is -0.495 e. The van der Waals surface area contributed by atoms with Crippen LogP contribution in [0, 0.1) is 6.92 Å². The van der Waals surface area contributed by atoms with E-state index >= 15 is 0 Å². The van der Waals surface area contributed by atoms with Crippen LogP contribution in [0.25, 0.3) is 0 Å². The largest absolute Gasteiger partial charge is 0.495 e. The highest BCUT2D eigenvalue weighted by Crippen LogP contribution is 2.27. The van der Waals surface area contributed by atoms with Crippen molar-refractivity contribution in [3.63, 3.8) is 0 Å². The fourth-order valence-electron chi connectivity index (χ4n) is 2.77. The van der Waals surface area contributed by atoms with Gasteiger partial charge >= 0.3 is 0 Å². The number of nitrogens with one attached hydrogen (secondary N) is 1. The summed E-state index contributed by atoms with van der Waals surface area (Å²) in [6, 6.07) is 14.5. The number of furan rings is 1. The van der Waals surface area contributed by atoms with E-state index in [0.717, 1.165) is 9.87 Å². The smallest absolute Gasteiger partial charge is 0.243 e. The first-order valence-corrected chi connectivity index (χ1v) is 10.8. The molecule has 1 N–H and O–H groups in total. The van der Waals surface area contributed by atoms with E-state index in [1.165, 1.54) is 31.6 Å². The number of nitrogens with zero attached hydrogens (tertiary/aromatic N) is 1. The van der Waals surface area contributed by atoms with Gasteiger partial charge in [-0.1, -0.05) is 29.3 Å². The lowest BCUT2D eigenvalue weighted by Gasteiger charge is -2.21. The first-order chi connectivity index (χ1) is 14.3. The van der Waals surface area contributed by atoms with Crippen molar-refractivity contribution >= 4 is 33.2 Å². The van der Waals surface area contributed by atoms with E-state index in [-0.39, 0.29) is 11.4 Å². The Labute approximate surface area is 180 Å². The van der Waals surface area contributed by atoms with E-state index < -0.39 is 22.5 Å². The third kappa shape index (κ3) is 5.21. The second-order valence-corrected chi connectivity index (χ2v) is 8.91. The second kappa shape index (κ2) is 9.34. The number of rotatable bonds is 8. The SMILES string of the molecule is COc1ccc(NC(=O)CN(Cc2ccco2)S(=O)(=O)c2ccc(C)cc2)cc1Cl. The lowest BCUT2D eigenvalue weighted by molar-refractivity contribution is -0.116. The van der Waals surface area contributed by atoms with Gasteiger partial charge in [-0.2, -0.15) is 4.31 Å². The molecule has 1 amide bonds. The monoisotopic (exact) mass is 448 g/mol. The molecule has 9 heteroatoms. The number of methoxy groups -OCH3 is 1. The Morgan fingerprint density at radius 2 is 1.90 bits per heavy atom. The van der Waals surface area contributed by atoms with E-state index in [9.17, 15) is 13.2 Å². The standard InChI is InChI=1S/C21H21ClN2O5S/c1-15-5-8-18(9-6-15)30(26,27)24(13-17-4-3-11-29-17)14-21(25)23-16-7-10-20(28-2)19(22)12-16/h3-12H,13-14H2,1-2H3,(H,23,25). The van der Waals surface area contributed by atoms with Gasteiger partial charge in [0.25, 0.3) is 0 Å². The zero-order chi connectivity index (χ0) is 21.7. The first-order valence-electron chi connectivity index (χ1n) is 9.02. The zero-order valence-corrected chi connectivity index (χ0v) is 18.0. The van der Waals surface area contributed by atoms with Crippen molar-refractivity contribution in [2.24, 2.45) is 0 Å². The normalized spacial score (nSPS) is 11.5. The number of carbonyl (C=O) groups excluding carboxylic acids is 1. The molecule has 1 heterocycles. The van der Waals surface area contributed by atoms with Crippen molar-refractivity contribution in [1.29, 1.82) is 0 Å². The minimum atomic E-state index is -3.93. The van der Waals surface area contributed by atoms with Gasteiger partial charge in [-0.25, -0.2) is 8.42 Å². The lowest BCUT2D eigenvalue weighted by atomic mass is 10.2. The third-order valence-electron chi connectivity index (χ3n) is 4.33. The maximum Gasteiger partial charge on any atom is 0.243 e. The Kier molecular flexibility index (Phi) is 6.81. The van der Waals surface area contributed by atoms with Gasteiger partial charge < -0.3 is 14.5 Å². The van der Waals surface area contributed by atoms with Crippen LogP contribution in [0.1, 0.15) is 11.3 Å². The average molecular weight is 449 g/mol. The summed E-state index contributed by atoms with van der Waals surface area (Å²) in [6.45, 7) is 1.38. The Balaban J connectivity index is 1.82. The Bertz CT molecular complexity index is 1110. The molecule has 0 fully saturated rings. The predicted molar refractivity (Wildman–Crippen MR) is 114 cm³/mol. The van der Waals surface area contributed by atoms with Crippen molar-refractivity contribution in [2.45, 2.75) is 18.4 Å². The summed E-state index contributed by atoms with van der Waals surface area (Å²) in [6.07, 6.45) is 1.45. The van der Waals surface area contributed by atoms with E-state index in [1.807, 2.05) is 6.92 Å². The summed E-state index contributed by atoms with van der Waals surface area (Å²) in [5, 5.41) is 2.99. The van der Waals surface area contributed by atoms with Crippen LogP contribution in [0.3, 0.4) is 0 Å². The summed E-state index contributed by atoms with van der Waals surface area (Å²) >= 11 is 6.08. The van der Waals surface area contributed by atoms with Gasteiger partial charge in [0.1, 0.15) is 11.5 Å². The lowest BCUT2D eigenvalue weighted by Crippen LogP contribution is -2.37. The molecule has 0 aliphatic heterocycles. The number of carbonyl (C=O) groups is 1.